The molecule has 1 amide bonds. The van der Waals surface area contributed by atoms with Crippen LogP contribution in [0.5, 0.6) is 11.5 Å². The Labute approximate surface area is 454 Å². The average Bonchev–Trinajstić information content (AvgIpc) is 3.26. The van der Waals surface area contributed by atoms with Crippen molar-refractivity contribution in [2.75, 3.05) is 30.7 Å². The second-order valence-corrected chi connectivity index (χ2v) is 17.7. The van der Waals surface area contributed by atoms with Crippen molar-refractivity contribution >= 4 is 103 Å². The number of nitrogens with one attached hydrogen (secondary N) is 2. The average molecular weight is 1010 g/mol. The number of fused-ring (bicyclic) bond motifs is 2. The van der Waals surface area contributed by atoms with E-state index in [4.69, 9.17) is 15.2 Å². The predicted molar refractivity (Wildman–Crippen MR) is 232 cm³/mol. The van der Waals surface area contributed by atoms with E-state index in [2.05, 4.69) is 36.3 Å². The summed E-state index contributed by atoms with van der Waals surface area (Å²) in [6.07, 6.45) is 0.621. The number of amides is 1. The van der Waals surface area contributed by atoms with Gasteiger partial charge in [-0.15, -0.1) is 15.3 Å². The van der Waals surface area contributed by atoms with Gasteiger partial charge in [-0.05, 0) is 84.9 Å². The number of methoxy groups -OCH3 is 2. The molecule has 332 valence electrons. The number of hydrogen-bond donors (Lipinski definition) is 3. The number of ether oxygens (including phenoxy) is 2. The summed E-state index contributed by atoms with van der Waals surface area (Å²) in [7, 11) is -12.3. The fourth-order valence-corrected chi connectivity index (χ4v) is 8.00. The Morgan fingerprint density at radius 2 is 1.24 bits per heavy atom. The molecule has 0 spiro atoms. The van der Waals surface area contributed by atoms with Crippen molar-refractivity contribution in [3.05, 3.63) is 132 Å². The van der Waals surface area contributed by atoms with Gasteiger partial charge in [0.25, 0.3) is 5.91 Å². The first-order chi connectivity index (χ1) is 30.7. The van der Waals surface area contributed by atoms with Crippen LogP contribution in [-0.2, 0) is 35.1 Å². The number of nitrogens with zero attached hydrogens (tertiary/aromatic N) is 5. The molecule has 0 fully saturated rings. The third-order valence-corrected chi connectivity index (χ3v) is 11.9. The van der Waals surface area contributed by atoms with Gasteiger partial charge in [-0.3, -0.25) is 15.0 Å². The first-order valence-electron chi connectivity index (χ1n) is 18.3. The number of hydrazone groups is 1. The number of allylic oxidation sites excluding steroid dienone is 1. The van der Waals surface area contributed by atoms with Crippen LogP contribution in [0.3, 0.4) is 0 Å². The first-order valence-corrected chi connectivity index (χ1v) is 22.5. The van der Waals surface area contributed by atoms with Crippen molar-refractivity contribution < 1.29 is 147 Å². The van der Waals surface area contributed by atoms with Gasteiger partial charge < -0.3 is 34.2 Å². The summed E-state index contributed by atoms with van der Waals surface area (Å²) in [6.45, 7) is 0. The summed E-state index contributed by atoms with van der Waals surface area (Å²) < 4.78 is 118. The molecule has 6 aromatic carbocycles. The van der Waals surface area contributed by atoms with Gasteiger partial charge in [0, 0.05) is 57.0 Å². The maximum absolute atomic E-state index is 13.3. The molecule has 0 bridgehead atoms. The number of nitrogen functional groups attached to an aromatic ring is 1. The van der Waals surface area contributed by atoms with Gasteiger partial charge in [0.05, 0.1) is 46.0 Å². The number of anilines is 3. The fraction of sp³-hybridized carbons (Fsp3) is 0.0488. The molecule has 1 aliphatic carbocycles. The molecule has 0 aromatic heterocycles. The molecule has 0 aliphatic heterocycles. The smallest absolute Gasteiger partial charge is 0.744 e. The summed E-state index contributed by atoms with van der Waals surface area (Å²) in [4.78, 5) is 24.2. The molecular weight excluding hydrogens is 978 g/mol. The third-order valence-electron chi connectivity index (χ3n) is 9.40. The molecule has 7 rings (SSSR count). The normalized spacial score (nSPS) is 13.2. The Morgan fingerprint density at radius 1 is 0.618 bits per heavy atom. The molecule has 0 unspecified atom stereocenters. The predicted octanol–water partition coefficient (Wildman–Crippen LogP) is -2.37. The Bertz CT molecular complexity index is 3450. The maximum Gasteiger partial charge on any atom is 1.00 e. The van der Waals surface area contributed by atoms with E-state index >= 15 is 0 Å². The molecular formula is C41H29N8Na3O13S3. The molecule has 27 heteroatoms. The molecule has 0 radical (unpaired) electrons. The largest absolute Gasteiger partial charge is 1.00 e. The number of carbonyl (C=O) groups is 2. The van der Waals surface area contributed by atoms with Gasteiger partial charge in [0.1, 0.15) is 58.9 Å². The number of ketones is 1. The van der Waals surface area contributed by atoms with Crippen LogP contribution in [0.2, 0.25) is 0 Å². The van der Waals surface area contributed by atoms with Gasteiger partial charge in [-0.1, -0.05) is 12.1 Å². The van der Waals surface area contributed by atoms with Crippen molar-refractivity contribution in [1.29, 1.82) is 0 Å². The van der Waals surface area contributed by atoms with Gasteiger partial charge in [0.15, 0.2) is 0 Å². The Kier molecular flexibility index (Phi) is 18.7. The summed E-state index contributed by atoms with van der Waals surface area (Å²) in [6, 6.07) is 23.7. The Balaban J connectivity index is 0.00000336. The van der Waals surface area contributed by atoms with Crippen LogP contribution in [0, 0.1) is 0 Å². The SMILES string of the molecule is COc1cc(N/N=C2\C(=O)C=C(S(=O)(=O)[O-])c3cc(NC(=O)c4ccc(N)cc4)ccc32)c(OC)cc1N=Nc1ccc(N=Nc2cccc(S(=O)(=O)[O-])c2)c2ccc(S(=O)(=O)[O-])cc12.[Na+].[Na+].[Na+]. The minimum atomic E-state index is -5.20. The monoisotopic (exact) mass is 1010 g/mol. The number of carbonyl (C=O) groups excluding carboxylic acids is 2. The van der Waals surface area contributed by atoms with E-state index in [-0.39, 0.29) is 167 Å². The van der Waals surface area contributed by atoms with E-state index in [1.165, 1.54) is 99.1 Å². The number of azo groups is 2. The molecule has 6 aromatic rings. The zero-order chi connectivity index (χ0) is 46.8. The van der Waals surface area contributed by atoms with E-state index in [0.717, 1.165) is 24.3 Å². The maximum atomic E-state index is 13.3. The molecule has 1 aliphatic rings. The third kappa shape index (κ3) is 12.9. The summed E-state index contributed by atoms with van der Waals surface area (Å²) in [5.41, 5.74) is 8.95. The first kappa shape index (κ1) is 55.9. The standard InChI is InChI=1S/C41H32N8O13S3.3Na/c1-61-37-20-35(48-49-40-29-12-10-24(43-41(51)22-6-8-23(42)9-7-22)17-31(29)39(21-36(40)50)65(58,59)60)38(62-2)19-34(37)47-46-33-15-14-32(28-13-11-27(18-30(28)33)64(55,56)57)45-44-25-4-3-5-26(16-25)63(52,53)54;;;/h3-21,48H,42H2,1-2H3,(H,43,51)(H,52,53,54)(H,55,56,57)(H,58,59,60);;;/q;3*+1/p-3/b45-44?,47-46?,49-40-;;;. The minimum Gasteiger partial charge on any atom is -0.744 e. The van der Waals surface area contributed by atoms with Gasteiger partial charge in [-0.25, -0.2) is 25.3 Å². The van der Waals surface area contributed by atoms with Gasteiger partial charge >= 0.3 is 88.7 Å². The summed E-state index contributed by atoms with van der Waals surface area (Å²) >= 11 is 0. The fourth-order valence-electron chi connectivity index (χ4n) is 6.30. The number of nitrogens with two attached hydrogens (primary N) is 1. The number of benzene rings is 6. The molecule has 0 heterocycles. The van der Waals surface area contributed by atoms with E-state index in [0.29, 0.717) is 11.8 Å². The van der Waals surface area contributed by atoms with Crippen LogP contribution >= 0.6 is 0 Å². The van der Waals surface area contributed by atoms with Crippen LogP contribution < -0.4 is 115 Å². The van der Waals surface area contributed by atoms with Gasteiger partial charge in [0.2, 0.25) is 5.78 Å². The molecule has 0 saturated heterocycles. The van der Waals surface area contributed by atoms with E-state index in [9.17, 15) is 48.5 Å². The van der Waals surface area contributed by atoms with Crippen LogP contribution in [0.15, 0.2) is 151 Å². The van der Waals surface area contributed by atoms with Crippen LogP contribution in [-0.4, -0.2) is 70.5 Å². The minimum absolute atomic E-state index is 0. The summed E-state index contributed by atoms with van der Waals surface area (Å²) in [5.74, 6) is -1.37. The molecule has 68 heavy (non-hydrogen) atoms. The quantitative estimate of drug-likeness (QED) is 0.0358. The zero-order valence-electron chi connectivity index (χ0n) is 36.3. The second kappa shape index (κ2) is 22.8. The molecule has 0 atom stereocenters. The van der Waals surface area contributed by atoms with E-state index < -0.39 is 56.7 Å². The number of hydrogen-bond acceptors (Lipinski definition) is 20. The van der Waals surface area contributed by atoms with Crippen molar-refractivity contribution in [2.45, 2.75) is 9.79 Å². The van der Waals surface area contributed by atoms with Crippen LogP contribution in [0.25, 0.3) is 15.7 Å². The Hall–Kier alpha value is -4.74. The Morgan fingerprint density at radius 3 is 1.87 bits per heavy atom. The van der Waals surface area contributed by atoms with Crippen molar-refractivity contribution in [3.8, 4) is 11.5 Å². The van der Waals surface area contributed by atoms with E-state index in [1.54, 1.807) is 0 Å². The van der Waals surface area contributed by atoms with Crippen LogP contribution in [0.4, 0.5) is 39.8 Å². The number of rotatable bonds is 13. The molecule has 0 saturated carbocycles. The van der Waals surface area contributed by atoms with Crippen molar-refractivity contribution in [2.24, 2.45) is 25.6 Å². The molecule has 4 N–H and O–H groups in total. The topological polar surface area (TPSA) is 336 Å². The summed E-state index contributed by atoms with van der Waals surface area (Å²) in [5, 5.41) is 23.9. The zero-order valence-corrected chi connectivity index (χ0v) is 44.8. The van der Waals surface area contributed by atoms with Gasteiger partial charge in [-0.2, -0.15) is 10.2 Å². The van der Waals surface area contributed by atoms with E-state index in [1.807, 2.05) is 0 Å². The molecule has 21 nitrogen and oxygen atoms in total. The second-order valence-electron chi connectivity index (χ2n) is 13.6. The van der Waals surface area contributed by atoms with Crippen molar-refractivity contribution in [1.82, 2.24) is 0 Å². The van der Waals surface area contributed by atoms with Crippen LogP contribution in [0.1, 0.15) is 21.5 Å². The van der Waals surface area contributed by atoms with Crippen molar-refractivity contribution in [3.63, 3.8) is 0 Å².